The van der Waals surface area contributed by atoms with Crippen molar-refractivity contribution in [2.75, 3.05) is 18.5 Å². The third-order valence-corrected chi connectivity index (χ3v) is 8.07. The van der Waals surface area contributed by atoms with Crippen molar-refractivity contribution in [2.24, 2.45) is 5.41 Å². The molecule has 15 nitrogen and oxygen atoms in total. The van der Waals surface area contributed by atoms with Crippen LogP contribution in [0.15, 0.2) is 84.9 Å². The molecule has 0 bridgehead atoms. The monoisotopic (exact) mass is 796 g/mol. The molecule has 1 amide bonds. The van der Waals surface area contributed by atoms with Crippen LogP contribution in [-0.2, 0) is 4.89 Å². The first-order valence-electron chi connectivity index (χ1n) is 15.4. The first kappa shape index (κ1) is 42.0. The molecule has 0 radical (unpaired) electrons. The quantitative estimate of drug-likeness (QED) is 0.0374. The van der Waals surface area contributed by atoms with Gasteiger partial charge < -0.3 is 40.6 Å². The number of carboxylic acids is 4. The largest absolute Gasteiger partial charge is 0.492 e. The molecule has 21 heteroatoms. The van der Waals surface area contributed by atoms with Gasteiger partial charge in [-0.05, 0) is 83.9 Å². The smallest absolute Gasteiger partial charge is 0.408 e. The fourth-order valence-corrected chi connectivity index (χ4v) is 4.99. The second kappa shape index (κ2) is 16.8. The summed E-state index contributed by atoms with van der Waals surface area (Å²) in [5, 5.41) is 49.3. The molecule has 0 saturated heterocycles. The van der Waals surface area contributed by atoms with Gasteiger partial charge in [0.05, 0.1) is 33.9 Å². The number of anilines is 1. The number of benzene rings is 4. The summed E-state index contributed by atoms with van der Waals surface area (Å²) >= 11 is 0. The van der Waals surface area contributed by atoms with E-state index in [0.717, 1.165) is 84.9 Å². The lowest BCUT2D eigenvalue weighted by Gasteiger charge is -2.35. The summed E-state index contributed by atoms with van der Waals surface area (Å²) in [7, 11) is 0. The van der Waals surface area contributed by atoms with Gasteiger partial charge >= 0.3 is 36.2 Å². The number of halogens is 6. The summed E-state index contributed by atoms with van der Waals surface area (Å²) in [6.07, 6.45) is -12.1. The van der Waals surface area contributed by atoms with Crippen LogP contribution >= 0.6 is 0 Å². The Morgan fingerprint density at radius 2 is 1.12 bits per heavy atom. The average Bonchev–Trinajstić information content (AvgIpc) is 3.13. The molecule has 4 aromatic carbocycles. The molecule has 7 N–H and O–H groups in total. The van der Waals surface area contributed by atoms with Gasteiger partial charge in [0.2, 0.25) is 5.41 Å². The first-order chi connectivity index (χ1) is 26.2. The highest BCUT2D eigenvalue weighted by atomic mass is 19.4. The Morgan fingerprint density at radius 1 is 0.607 bits per heavy atom. The molecular formula is C35H26F6N2O13. The molecule has 0 spiro atoms. The fourth-order valence-electron chi connectivity index (χ4n) is 4.99. The molecule has 0 aliphatic heterocycles. The number of amides is 1. The fraction of sp³-hybridized carbons (Fsp3) is 0.171. The maximum Gasteiger partial charge on any atom is 0.408 e. The second-order valence-electron chi connectivity index (χ2n) is 11.6. The van der Waals surface area contributed by atoms with E-state index in [-0.39, 0.29) is 22.4 Å². The van der Waals surface area contributed by atoms with Crippen molar-refractivity contribution in [3.63, 3.8) is 0 Å². The molecule has 0 aromatic heterocycles. The molecule has 56 heavy (non-hydrogen) atoms. The molecular weight excluding hydrogens is 770 g/mol. The van der Waals surface area contributed by atoms with E-state index in [4.69, 9.17) is 14.7 Å². The maximum atomic E-state index is 14.2. The Hall–Kier alpha value is -6.71. The number of carbonyl (C=O) groups is 5. The molecule has 296 valence electrons. The van der Waals surface area contributed by atoms with Crippen molar-refractivity contribution in [2.45, 2.75) is 18.4 Å². The molecule has 1 atom stereocenters. The SMILES string of the molecule is O=C(O)c1ccc(C(=O)O)c(C(=O)Nc2ccc(OCC(COOc3ccc(C(NO)c4cc(C(=O)O)ccc4C(=O)O)cc3)(C(F)(F)F)C(F)(F)F)cc2)c1. The number of alkyl halides is 6. The van der Waals surface area contributed by atoms with Crippen LogP contribution in [0.5, 0.6) is 11.5 Å². The number of hydrogen-bond donors (Lipinski definition) is 7. The van der Waals surface area contributed by atoms with Crippen LogP contribution in [0.2, 0.25) is 0 Å². The van der Waals surface area contributed by atoms with Crippen LogP contribution in [0, 0.1) is 5.41 Å². The molecule has 0 heterocycles. The molecule has 0 fully saturated rings. The lowest BCUT2D eigenvalue weighted by Crippen LogP contribution is -2.57. The minimum Gasteiger partial charge on any atom is -0.492 e. The Kier molecular flexibility index (Phi) is 12.6. The van der Waals surface area contributed by atoms with Crippen LogP contribution in [0.3, 0.4) is 0 Å². The van der Waals surface area contributed by atoms with Gasteiger partial charge in [-0.15, -0.1) is 0 Å². The van der Waals surface area contributed by atoms with Crippen LogP contribution < -0.4 is 20.4 Å². The van der Waals surface area contributed by atoms with Gasteiger partial charge in [-0.1, -0.05) is 12.1 Å². The zero-order valence-electron chi connectivity index (χ0n) is 27.8. The number of nitrogens with one attached hydrogen (secondary N) is 2. The number of ether oxygens (including phenoxy) is 1. The van der Waals surface area contributed by atoms with Gasteiger partial charge in [-0.3, -0.25) is 4.79 Å². The Labute approximate surface area is 309 Å². The molecule has 0 aliphatic rings. The topological polar surface area (TPSA) is 238 Å². The van der Waals surface area contributed by atoms with E-state index >= 15 is 0 Å². The minimum absolute atomic E-state index is 0.0567. The van der Waals surface area contributed by atoms with E-state index < -0.39 is 101 Å². The van der Waals surface area contributed by atoms with Crippen molar-refractivity contribution < 1.29 is 90.5 Å². The number of hydroxylamine groups is 1. The Bertz CT molecular complexity index is 2110. The highest BCUT2D eigenvalue weighted by Crippen LogP contribution is 2.51. The van der Waals surface area contributed by atoms with Gasteiger partial charge in [0.1, 0.15) is 19.0 Å². The van der Waals surface area contributed by atoms with Crippen LogP contribution in [-0.4, -0.2) is 81.0 Å². The van der Waals surface area contributed by atoms with Crippen LogP contribution in [0.25, 0.3) is 0 Å². The molecule has 4 aromatic rings. The number of carbonyl (C=O) groups excluding carboxylic acids is 1. The van der Waals surface area contributed by atoms with E-state index in [1.165, 1.54) is 0 Å². The third kappa shape index (κ3) is 9.32. The van der Waals surface area contributed by atoms with Crippen molar-refractivity contribution >= 4 is 35.5 Å². The van der Waals surface area contributed by atoms with Crippen molar-refractivity contribution in [3.8, 4) is 11.5 Å². The number of rotatable bonds is 16. The summed E-state index contributed by atoms with van der Waals surface area (Å²) < 4.78 is 89.9. The molecule has 0 aliphatic carbocycles. The van der Waals surface area contributed by atoms with Gasteiger partial charge in [0.25, 0.3) is 5.91 Å². The van der Waals surface area contributed by atoms with Crippen molar-refractivity contribution in [3.05, 3.63) is 124 Å². The predicted molar refractivity (Wildman–Crippen MR) is 175 cm³/mol. The van der Waals surface area contributed by atoms with E-state index in [0.29, 0.717) is 0 Å². The summed E-state index contributed by atoms with van der Waals surface area (Å²) in [5.41, 5.74) is -5.40. The van der Waals surface area contributed by atoms with E-state index in [1.807, 2.05) is 5.48 Å². The van der Waals surface area contributed by atoms with Crippen molar-refractivity contribution in [1.82, 2.24) is 5.48 Å². The van der Waals surface area contributed by atoms with E-state index in [9.17, 15) is 70.8 Å². The van der Waals surface area contributed by atoms with E-state index in [1.54, 1.807) is 0 Å². The number of carboxylic acid groups (broad SMARTS) is 4. The standard InChI is InChI=1S/C35H26F6N2O13/c36-34(37,38)33(35(39,40)41,15-54-21-9-5-20(6-10-21)42-28(44)26-14-19(30(47)48)4-12-24(26)32(51)52)16-55-56-22-7-1-17(2-8-22)27(43-53)25-13-18(29(45)46)3-11-23(25)31(49)50/h1-14,27,43,53H,15-16H2,(H,42,44)(H,45,46)(H,47,48)(H,49,50)(H,51,52). The molecule has 1 unspecified atom stereocenters. The normalized spacial score (nSPS) is 12.3. The minimum atomic E-state index is -6.04. The van der Waals surface area contributed by atoms with Gasteiger partial charge in [-0.2, -0.15) is 36.7 Å². The zero-order valence-corrected chi connectivity index (χ0v) is 27.8. The van der Waals surface area contributed by atoms with Crippen molar-refractivity contribution in [1.29, 1.82) is 0 Å². The maximum absolute atomic E-state index is 14.2. The highest BCUT2D eigenvalue weighted by molar-refractivity contribution is 6.11. The average molecular weight is 797 g/mol. The van der Waals surface area contributed by atoms with E-state index in [2.05, 4.69) is 10.2 Å². The predicted octanol–water partition coefficient (Wildman–Crippen LogP) is 6.30. The lowest BCUT2D eigenvalue weighted by molar-refractivity contribution is -0.382. The Morgan fingerprint density at radius 3 is 1.62 bits per heavy atom. The van der Waals surface area contributed by atoms with Gasteiger partial charge in [0.15, 0.2) is 5.75 Å². The van der Waals surface area contributed by atoms with Crippen LogP contribution in [0.1, 0.15) is 69.0 Å². The summed E-state index contributed by atoms with van der Waals surface area (Å²) in [6.45, 7) is -4.26. The summed E-state index contributed by atoms with van der Waals surface area (Å²) in [5.74, 6) is -8.00. The van der Waals surface area contributed by atoms with Gasteiger partial charge in [-0.25, -0.2) is 19.2 Å². The Balaban J connectivity index is 1.48. The number of aromatic carboxylic acids is 4. The first-order valence-corrected chi connectivity index (χ1v) is 15.4. The molecule has 0 saturated carbocycles. The van der Waals surface area contributed by atoms with Crippen LogP contribution in [0.4, 0.5) is 32.0 Å². The molecule has 4 rings (SSSR count). The zero-order chi connectivity index (χ0) is 41.6. The summed E-state index contributed by atoms with van der Waals surface area (Å²) in [4.78, 5) is 67.8. The lowest BCUT2D eigenvalue weighted by atomic mass is 9.88. The second-order valence-corrected chi connectivity index (χ2v) is 11.6. The third-order valence-electron chi connectivity index (χ3n) is 8.07. The number of hydrogen-bond acceptors (Lipinski definition) is 10. The van der Waals surface area contributed by atoms with Gasteiger partial charge in [0, 0.05) is 5.69 Å². The summed E-state index contributed by atoms with van der Waals surface area (Å²) in [6, 6.07) is 12.2. The highest BCUT2D eigenvalue weighted by Gasteiger charge is 2.72.